The quantitative estimate of drug-likeness (QED) is 0.578. The SMILES string of the molecule is N#CCCN(CCO)CCCC(=O)O. The summed E-state index contributed by atoms with van der Waals surface area (Å²) in [6.45, 7) is 1.75. The smallest absolute Gasteiger partial charge is 0.303 e. The van der Waals surface area contributed by atoms with E-state index in [1.165, 1.54) is 0 Å². The Balaban J connectivity index is 3.62. The van der Waals surface area contributed by atoms with Crippen LogP contribution in [0.25, 0.3) is 0 Å². The predicted octanol–water partition coefficient (Wildman–Crippen LogP) is 0.0592. The van der Waals surface area contributed by atoms with E-state index in [1.807, 2.05) is 11.0 Å². The fourth-order valence-corrected chi connectivity index (χ4v) is 1.14. The lowest BCUT2D eigenvalue weighted by Gasteiger charge is -2.18. The molecule has 0 saturated heterocycles. The molecular weight excluding hydrogens is 184 g/mol. The second-order valence-corrected chi connectivity index (χ2v) is 2.97. The highest BCUT2D eigenvalue weighted by molar-refractivity contribution is 5.66. The third kappa shape index (κ3) is 7.53. The number of carboxylic acids is 1. The van der Waals surface area contributed by atoms with Gasteiger partial charge >= 0.3 is 5.97 Å². The third-order valence-electron chi connectivity index (χ3n) is 1.82. The van der Waals surface area contributed by atoms with Gasteiger partial charge in [0, 0.05) is 25.9 Å². The number of aliphatic carboxylic acids is 1. The standard InChI is InChI=1S/C9H16N2O3/c10-4-2-6-11(7-8-12)5-1-3-9(13)14/h12H,1-3,5-8H2,(H,13,14). The van der Waals surface area contributed by atoms with Gasteiger partial charge in [-0.25, -0.2) is 0 Å². The van der Waals surface area contributed by atoms with Gasteiger partial charge in [-0.3, -0.25) is 4.79 Å². The molecular formula is C9H16N2O3. The Morgan fingerprint density at radius 3 is 2.57 bits per heavy atom. The van der Waals surface area contributed by atoms with E-state index in [4.69, 9.17) is 15.5 Å². The molecule has 2 N–H and O–H groups in total. The van der Waals surface area contributed by atoms with Crippen molar-refractivity contribution in [1.29, 1.82) is 5.26 Å². The molecule has 5 nitrogen and oxygen atoms in total. The van der Waals surface area contributed by atoms with Crippen molar-refractivity contribution in [2.45, 2.75) is 19.3 Å². The summed E-state index contributed by atoms with van der Waals surface area (Å²) in [6.07, 6.45) is 1.10. The van der Waals surface area contributed by atoms with Crippen LogP contribution in [0, 0.1) is 11.3 Å². The number of hydrogen-bond donors (Lipinski definition) is 2. The molecule has 0 rings (SSSR count). The zero-order valence-corrected chi connectivity index (χ0v) is 8.15. The number of carboxylic acid groups (broad SMARTS) is 1. The maximum atomic E-state index is 10.2. The lowest BCUT2D eigenvalue weighted by Crippen LogP contribution is -2.29. The maximum Gasteiger partial charge on any atom is 0.303 e. The minimum atomic E-state index is -0.811. The first-order valence-corrected chi connectivity index (χ1v) is 4.62. The van der Waals surface area contributed by atoms with Gasteiger partial charge < -0.3 is 15.1 Å². The van der Waals surface area contributed by atoms with Crippen LogP contribution in [-0.2, 0) is 4.79 Å². The summed E-state index contributed by atoms with van der Waals surface area (Å²) in [6, 6.07) is 2.02. The molecule has 0 spiro atoms. The van der Waals surface area contributed by atoms with Crippen molar-refractivity contribution in [2.75, 3.05) is 26.2 Å². The molecule has 0 atom stereocenters. The van der Waals surface area contributed by atoms with Gasteiger partial charge in [0.15, 0.2) is 0 Å². The molecule has 0 aliphatic rings. The van der Waals surface area contributed by atoms with Gasteiger partial charge in [0.25, 0.3) is 0 Å². The lowest BCUT2D eigenvalue weighted by molar-refractivity contribution is -0.137. The summed E-state index contributed by atoms with van der Waals surface area (Å²) in [4.78, 5) is 12.1. The second kappa shape index (κ2) is 8.48. The Kier molecular flexibility index (Phi) is 7.80. The molecule has 0 aliphatic carbocycles. The van der Waals surface area contributed by atoms with Crippen LogP contribution in [-0.4, -0.2) is 47.3 Å². The van der Waals surface area contributed by atoms with Gasteiger partial charge in [0.05, 0.1) is 12.7 Å². The summed E-state index contributed by atoms with van der Waals surface area (Å²) in [5.74, 6) is -0.811. The summed E-state index contributed by atoms with van der Waals surface area (Å²) in [7, 11) is 0. The Morgan fingerprint density at radius 2 is 2.07 bits per heavy atom. The van der Waals surface area contributed by atoms with Crippen molar-refractivity contribution in [3.8, 4) is 6.07 Å². The molecule has 0 bridgehead atoms. The summed E-state index contributed by atoms with van der Waals surface area (Å²) >= 11 is 0. The number of rotatable bonds is 8. The molecule has 0 aliphatic heterocycles. The Morgan fingerprint density at radius 1 is 1.36 bits per heavy atom. The largest absolute Gasteiger partial charge is 0.481 e. The van der Waals surface area contributed by atoms with E-state index in [-0.39, 0.29) is 13.0 Å². The highest BCUT2D eigenvalue weighted by Gasteiger charge is 2.04. The molecule has 0 heterocycles. The molecule has 0 radical (unpaired) electrons. The van der Waals surface area contributed by atoms with Crippen LogP contribution >= 0.6 is 0 Å². The van der Waals surface area contributed by atoms with E-state index in [2.05, 4.69) is 0 Å². The topological polar surface area (TPSA) is 84.6 Å². The summed E-state index contributed by atoms with van der Waals surface area (Å²) in [5, 5.41) is 25.5. The Labute approximate surface area is 83.6 Å². The van der Waals surface area contributed by atoms with Crippen molar-refractivity contribution in [1.82, 2.24) is 4.90 Å². The highest BCUT2D eigenvalue weighted by Crippen LogP contribution is 1.96. The third-order valence-corrected chi connectivity index (χ3v) is 1.82. The first-order valence-electron chi connectivity index (χ1n) is 4.62. The van der Waals surface area contributed by atoms with Gasteiger partial charge in [0.1, 0.15) is 0 Å². The predicted molar refractivity (Wildman–Crippen MR) is 50.6 cm³/mol. The Hall–Kier alpha value is -1.12. The molecule has 0 aromatic rings. The number of nitrogens with zero attached hydrogens (tertiary/aromatic N) is 2. The number of hydrogen-bond acceptors (Lipinski definition) is 4. The molecule has 0 aromatic heterocycles. The fourth-order valence-electron chi connectivity index (χ4n) is 1.14. The molecule has 0 unspecified atom stereocenters. The van der Waals surface area contributed by atoms with Crippen molar-refractivity contribution in [3.63, 3.8) is 0 Å². The van der Waals surface area contributed by atoms with Crippen molar-refractivity contribution >= 4 is 5.97 Å². The number of aliphatic hydroxyl groups is 1. The maximum absolute atomic E-state index is 10.2. The molecule has 0 saturated carbocycles. The van der Waals surface area contributed by atoms with E-state index in [0.717, 1.165) is 0 Å². The first kappa shape index (κ1) is 12.9. The van der Waals surface area contributed by atoms with Crippen LogP contribution in [0.4, 0.5) is 0 Å². The highest BCUT2D eigenvalue weighted by atomic mass is 16.4. The van der Waals surface area contributed by atoms with E-state index in [0.29, 0.717) is 32.5 Å². The average Bonchev–Trinajstić information content (AvgIpc) is 2.13. The molecule has 0 aromatic carbocycles. The van der Waals surface area contributed by atoms with Crippen LogP contribution in [0.2, 0.25) is 0 Å². The van der Waals surface area contributed by atoms with E-state index in [9.17, 15) is 4.79 Å². The van der Waals surface area contributed by atoms with Crippen molar-refractivity contribution in [2.24, 2.45) is 0 Å². The average molecular weight is 200 g/mol. The number of nitriles is 1. The lowest BCUT2D eigenvalue weighted by atomic mass is 10.3. The fraction of sp³-hybridized carbons (Fsp3) is 0.778. The van der Waals surface area contributed by atoms with Crippen molar-refractivity contribution in [3.05, 3.63) is 0 Å². The van der Waals surface area contributed by atoms with Crippen molar-refractivity contribution < 1.29 is 15.0 Å². The molecule has 80 valence electrons. The Bertz CT molecular complexity index is 201. The van der Waals surface area contributed by atoms with Gasteiger partial charge in [-0.05, 0) is 13.0 Å². The van der Waals surface area contributed by atoms with Gasteiger partial charge in [-0.15, -0.1) is 0 Å². The van der Waals surface area contributed by atoms with E-state index in [1.54, 1.807) is 0 Å². The first-order chi connectivity index (χ1) is 6.70. The normalized spacial score (nSPS) is 10.1. The number of carbonyl (C=O) groups is 1. The van der Waals surface area contributed by atoms with Crippen LogP contribution in [0.5, 0.6) is 0 Å². The van der Waals surface area contributed by atoms with Gasteiger partial charge in [-0.1, -0.05) is 0 Å². The number of aliphatic hydroxyl groups excluding tert-OH is 1. The molecule has 0 amide bonds. The van der Waals surface area contributed by atoms with E-state index >= 15 is 0 Å². The minimum absolute atomic E-state index is 0.0402. The van der Waals surface area contributed by atoms with E-state index < -0.39 is 5.97 Å². The van der Waals surface area contributed by atoms with Gasteiger partial charge in [-0.2, -0.15) is 5.26 Å². The van der Waals surface area contributed by atoms with Gasteiger partial charge in [0.2, 0.25) is 0 Å². The summed E-state index contributed by atoms with van der Waals surface area (Å²) < 4.78 is 0. The second-order valence-electron chi connectivity index (χ2n) is 2.97. The minimum Gasteiger partial charge on any atom is -0.481 e. The monoisotopic (exact) mass is 200 g/mol. The molecule has 0 fully saturated rings. The zero-order valence-electron chi connectivity index (χ0n) is 8.15. The summed E-state index contributed by atoms with van der Waals surface area (Å²) in [5.41, 5.74) is 0. The molecule has 5 heteroatoms. The molecule has 14 heavy (non-hydrogen) atoms. The van der Waals surface area contributed by atoms with Crippen LogP contribution in [0.1, 0.15) is 19.3 Å². The van der Waals surface area contributed by atoms with Crippen LogP contribution < -0.4 is 0 Å². The van der Waals surface area contributed by atoms with Crippen LogP contribution in [0.3, 0.4) is 0 Å². The zero-order chi connectivity index (χ0) is 10.8. The van der Waals surface area contributed by atoms with Crippen LogP contribution in [0.15, 0.2) is 0 Å².